The molecular weight excluding hydrogens is 476 g/mol. The van der Waals surface area contributed by atoms with Crippen molar-refractivity contribution in [3.8, 4) is 11.5 Å². The average Bonchev–Trinajstić information content (AvgIpc) is 2.83. The Labute approximate surface area is 208 Å². The summed E-state index contributed by atoms with van der Waals surface area (Å²) in [6, 6.07) is 13.2. The molecular formula is C24H29ClN4O4S. The number of hydrogen-bond acceptors (Lipinski definition) is 7. The number of carbonyl (C=O) groups is 2. The van der Waals surface area contributed by atoms with Crippen molar-refractivity contribution >= 4 is 40.9 Å². The molecule has 0 bridgehead atoms. The Kier molecular flexibility index (Phi) is 8.20. The molecule has 2 aliphatic rings. The van der Waals surface area contributed by atoms with E-state index in [1.807, 2.05) is 18.2 Å². The maximum Gasteiger partial charge on any atom is 0.234 e. The molecule has 34 heavy (non-hydrogen) atoms. The summed E-state index contributed by atoms with van der Waals surface area (Å²) in [6.07, 6.45) is 0.871. The lowest BCUT2D eigenvalue weighted by atomic mass is 9.89. The highest BCUT2D eigenvalue weighted by atomic mass is 35.5. The number of amides is 2. The number of ether oxygens (including phenoxy) is 2. The average molecular weight is 505 g/mol. The minimum Gasteiger partial charge on any atom is -0.497 e. The molecule has 3 unspecified atom stereocenters. The van der Waals surface area contributed by atoms with Crippen LogP contribution in [0.25, 0.3) is 0 Å². The van der Waals surface area contributed by atoms with Crippen molar-refractivity contribution < 1.29 is 19.1 Å². The van der Waals surface area contributed by atoms with Gasteiger partial charge in [0.25, 0.3) is 0 Å². The lowest BCUT2D eigenvalue weighted by molar-refractivity contribution is -0.130. The molecule has 0 saturated carbocycles. The largest absolute Gasteiger partial charge is 0.497 e. The van der Waals surface area contributed by atoms with Crippen molar-refractivity contribution in [3.63, 3.8) is 0 Å². The number of fused-ring (bicyclic) bond motifs is 1. The number of piperidine rings is 1. The molecule has 2 aromatic rings. The van der Waals surface area contributed by atoms with Crippen LogP contribution < -0.4 is 25.4 Å². The third-order valence-electron chi connectivity index (χ3n) is 6.03. The molecule has 2 fully saturated rings. The first-order chi connectivity index (χ1) is 16.4. The van der Waals surface area contributed by atoms with Gasteiger partial charge in [0.2, 0.25) is 11.8 Å². The van der Waals surface area contributed by atoms with Gasteiger partial charge in [0.1, 0.15) is 17.0 Å². The maximum absolute atomic E-state index is 12.8. The summed E-state index contributed by atoms with van der Waals surface area (Å²) >= 11 is 7.48. The van der Waals surface area contributed by atoms with E-state index >= 15 is 0 Å². The fourth-order valence-corrected chi connectivity index (χ4v) is 5.44. The number of thioether (sulfide) groups is 1. The van der Waals surface area contributed by atoms with E-state index in [4.69, 9.17) is 21.1 Å². The molecule has 2 aliphatic heterocycles. The molecule has 0 radical (unpaired) electrons. The van der Waals surface area contributed by atoms with Crippen LogP contribution in [-0.2, 0) is 16.1 Å². The van der Waals surface area contributed by atoms with Crippen LogP contribution in [-0.4, -0.2) is 61.3 Å². The molecule has 0 aliphatic carbocycles. The van der Waals surface area contributed by atoms with Gasteiger partial charge in [-0.15, -0.1) is 11.8 Å². The molecule has 2 amide bonds. The summed E-state index contributed by atoms with van der Waals surface area (Å²) in [5.74, 6) is 1.32. The van der Waals surface area contributed by atoms with Gasteiger partial charge >= 0.3 is 0 Å². The first-order valence-corrected chi connectivity index (χ1v) is 12.5. The van der Waals surface area contributed by atoms with Crippen molar-refractivity contribution in [1.29, 1.82) is 0 Å². The highest BCUT2D eigenvalue weighted by Crippen LogP contribution is 2.28. The second-order valence-corrected chi connectivity index (χ2v) is 9.85. The molecule has 10 heteroatoms. The fraction of sp³-hybridized carbons (Fsp3) is 0.417. The predicted molar refractivity (Wildman–Crippen MR) is 134 cm³/mol. The Morgan fingerprint density at radius 3 is 2.85 bits per heavy atom. The Hall–Kier alpha value is -2.46. The second kappa shape index (κ2) is 11.3. The fourth-order valence-electron chi connectivity index (χ4n) is 4.32. The van der Waals surface area contributed by atoms with Gasteiger partial charge in [-0.3, -0.25) is 19.8 Å². The van der Waals surface area contributed by atoms with E-state index in [9.17, 15) is 9.59 Å². The molecule has 3 atom stereocenters. The van der Waals surface area contributed by atoms with E-state index < -0.39 is 0 Å². The monoisotopic (exact) mass is 504 g/mol. The molecule has 2 saturated heterocycles. The molecule has 0 aromatic heterocycles. The summed E-state index contributed by atoms with van der Waals surface area (Å²) in [4.78, 5) is 27.5. The zero-order valence-electron chi connectivity index (χ0n) is 19.2. The van der Waals surface area contributed by atoms with Crippen molar-refractivity contribution in [2.24, 2.45) is 5.92 Å². The number of carbonyl (C=O) groups excluding carboxylic acids is 2. The number of benzene rings is 2. The van der Waals surface area contributed by atoms with E-state index in [2.05, 4.69) is 26.9 Å². The maximum atomic E-state index is 12.8. The molecule has 182 valence electrons. The summed E-state index contributed by atoms with van der Waals surface area (Å²) in [6.45, 7) is 2.37. The quantitative estimate of drug-likeness (QED) is 0.509. The van der Waals surface area contributed by atoms with E-state index in [-0.39, 0.29) is 35.0 Å². The van der Waals surface area contributed by atoms with Crippen molar-refractivity contribution in [3.05, 3.63) is 53.1 Å². The lowest BCUT2D eigenvalue weighted by Crippen LogP contribution is -2.64. The molecule has 0 spiro atoms. The topological polar surface area (TPSA) is 91.9 Å². The molecule has 8 nitrogen and oxygen atoms in total. The van der Waals surface area contributed by atoms with Crippen LogP contribution in [0.1, 0.15) is 12.0 Å². The van der Waals surface area contributed by atoms with Gasteiger partial charge in [0.15, 0.2) is 0 Å². The van der Waals surface area contributed by atoms with Gasteiger partial charge in [0, 0.05) is 31.4 Å². The van der Waals surface area contributed by atoms with Crippen LogP contribution in [0.4, 0.5) is 5.69 Å². The first-order valence-electron chi connectivity index (χ1n) is 11.1. The molecule has 2 aromatic carbocycles. The van der Waals surface area contributed by atoms with E-state index in [1.165, 1.54) is 24.4 Å². The van der Waals surface area contributed by atoms with E-state index in [1.54, 1.807) is 25.3 Å². The predicted octanol–water partition coefficient (Wildman–Crippen LogP) is 2.92. The van der Waals surface area contributed by atoms with Gasteiger partial charge in [0.05, 0.1) is 30.9 Å². The number of anilines is 1. The van der Waals surface area contributed by atoms with Crippen LogP contribution in [0.15, 0.2) is 42.5 Å². The minimum absolute atomic E-state index is 0.0268. The number of likely N-dealkylation sites (tertiary alicyclic amines) is 1. The van der Waals surface area contributed by atoms with Gasteiger partial charge in [-0.1, -0.05) is 23.7 Å². The van der Waals surface area contributed by atoms with Crippen LogP contribution in [0, 0.1) is 5.92 Å². The lowest BCUT2D eigenvalue weighted by Gasteiger charge is -2.43. The molecule has 2 heterocycles. The third kappa shape index (κ3) is 6.15. The Morgan fingerprint density at radius 1 is 1.24 bits per heavy atom. The van der Waals surface area contributed by atoms with Crippen molar-refractivity contribution in [2.45, 2.75) is 24.5 Å². The van der Waals surface area contributed by atoms with Crippen molar-refractivity contribution in [1.82, 2.24) is 15.5 Å². The van der Waals surface area contributed by atoms with Gasteiger partial charge in [-0.25, -0.2) is 0 Å². The van der Waals surface area contributed by atoms with Crippen molar-refractivity contribution in [2.75, 3.05) is 38.4 Å². The zero-order chi connectivity index (χ0) is 24.1. The number of rotatable bonds is 8. The van der Waals surface area contributed by atoms with Crippen LogP contribution >= 0.6 is 23.4 Å². The van der Waals surface area contributed by atoms with Gasteiger partial charge in [-0.05, 0) is 42.3 Å². The number of nitrogens with one attached hydrogen (secondary N) is 3. The number of halogens is 1. The highest BCUT2D eigenvalue weighted by molar-refractivity contribution is 8.00. The second-order valence-electron chi connectivity index (χ2n) is 8.35. The van der Waals surface area contributed by atoms with Crippen LogP contribution in [0.5, 0.6) is 11.5 Å². The third-order valence-corrected chi connectivity index (χ3v) is 7.34. The highest BCUT2D eigenvalue weighted by Gasteiger charge is 2.40. The van der Waals surface area contributed by atoms with Crippen LogP contribution in [0.3, 0.4) is 0 Å². The number of methoxy groups -OCH3 is 2. The SMILES string of the molecule is COc1cccc(CN2CCC3NC(SCC(=O)Nc4ccc(OC)c(Cl)c4)NC(=O)C3C2)c1. The summed E-state index contributed by atoms with van der Waals surface area (Å²) < 4.78 is 10.4. The molecule has 4 rings (SSSR count). The normalized spacial score (nSPS) is 22.4. The summed E-state index contributed by atoms with van der Waals surface area (Å²) in [7, 11) is 3.20. The smallest absolute Gasteiger partial charge is 0.234 e. The standard InChI is InChI=1S/C24H29ClN4O4S/c1-32-17-5-3-4-15(10-17)12-29-9-8-20-18(13-29)23(31)28-24(27-20)34-14-22(30)26-16-6-7-21(33-2)19(25)11-16/h3-7,10-11,18,20,24,27H,8-9,12-14H2,1-2H3,(H,26,30)(H,28,31). The molecule has 3 N–H and O–H groups in total. The van der Waals surface area contributed by atoms with Crippen LogP contribution in [0.2, 0.25) is 5.02 Å². The zero-order valence-corrected chi connectivity index (χ0v) is 20.7. The minimum atomic E-state index is -0.302. The number of hydrogen-bond donors (Lipinski definition) is 3. The van der Waals surface area contributed by atoms with Gasteiger partial charge in [-0.2, -0.15) is 0 Å². The Balaban J connectivity index is 1.25. The Bertz CT molecular complexity index is 1040. The Morgan fingerprint density at radius 2 is 2.09 bits per heavy atom. The summed E-state index contributed by atoms with van der Waals surface area (Å²) in [5.41, 5.74) is 1.46. The first kappa shape index (κ1) is 24.7. The number of nitrogens with zero attached hydrogens (tertiary/aromatic N) is 1. The van der Waals surface area contributed by atoms with E-state index in [0.29, 0.717) is 23.0 Å². The van der Waals surface area contributed by atoms with Gasteiger partial charge < -0.3 is 20.1 Å². The summed E-state index contributed by atoms with van der Waals surface area (Å²) in [5, 5.41) is 9.76. The van der Waals surface area contributed by atoms with E-state index in [0.717, 1.165) is 25.3 Å².